The van der Waals surface area contributed by atoms with Crippen molar-refractivity contribution in [3.05, 3.63) is 119 Å². The topological polar surface area (TPSA) is 0 Å². The second-order valence-electron chi connectivity index (χ2n) is 6.70. The highest BCUT2D eigenvalue weighted by atomic mass is 14.5. The van der Waals surface area contributed by atoms with Gasteiger partial charge in [0.2, 0.25) is 0 Å². The van der Waals surface area contributed by atoms with Gasteiger partial charge < -0.3 is 0 Å². The van der Waals surface area contributed by atoms with Crippen molar-refractivity contribution in [1.82, 2.24) is 0 Å². The lowest BCUT2D eigenvalue weighted by Crippen LogP contribution is -2.39. The van der Waals surface area contributed by atoms with Crippen LogP contribution < -0.4 is 0 Å². The van der Waals surface area contributed by atoms with Gasteiger partial charge in [0.25, 0.3) is 0 Å². The van der Waals surface area contributed by atoms with Gasteiger partial charge in [-0.1, -0.05) is 72.9 Å². The van der Waals surface area contributed by atoms with Gasteiger partial charge in [-0.3, -0.25) is 0 Å². The quantitative estimate of drug-likeness (QED) is 0.595. The Hall–Kier alpha value is -2.60. The Morgan fingerprint density at radius 3 is 1.50 bits per heavy atom. The number of allylic oxidation sites excluding steroid dienone is 20. The van der Waals surface area contributed by atoms with Crippen LogP contribution in [-0.2, 0) is 0 Å². The van der Waals surface area contributed by atoms with Crippen LogP contribution in [0.3, 0.4) is 0 Å². The first kappa shape index (κ1) is 11.0. The summed E-state index contributed by atoms with van der Waals surface area (Å²) in [6.07, 6.45) is 32.2. The third kappa shape index (κ3) is 0.972. The maximum absolute atomic E-state index is 2.41. The van der Waals surface area contributed by atoms with Crippen molar-refractivity contribution in [2.45, 2.75) is 0 Å². The van der Waals surface area contributed by atoms with Crippen molar-refractivity contribution in [3.63, 3.8) is 0 Å². The van der Waals surface area contributed by atoms with Gasteiger partial charge in [0.1, 0.15) is 0 Å². The minimum absolute atomic E-state index is 0.0596. The predicted octanol–water partition coefficient (Wildman–Crippen LogP) is 4.82. The van der Waals surface area contributed by atoms with Crippen molar-refractivity contribution in [1.29, 1.82) is 0 Å². The lowest BCUT2D eigenvalue weighted by atomic mass is 9.51. The van der Waals surface area contributed by atoms with Gasteiger partial charge in [-0.15, -0.1) is 0 Å². The molecule has 6 rings (SSSR count). The molecule has 0 aliphatic heterocycles. The minimum atomic E-state index is -0.0596. The van der Waals surface area contributed by atoms with E-state index < -0.39 is 0 Å². The van der Waals surface area contributed by atoms with E-state index in [0.29, 0.717) is 0 Å². The van der Waals surface area contributed by atoms with Crippen LogP contribution in [0.25, 0.3) is 0 Å². The Morgan fingerprint density at radius 2 is 1.00 bits per heavy atom. The zero-order valence-electron chi connectivity index (χ0n) is 12.1. The third-order valence-corrected chi connectivity index (χ3v) is 5.81. The highest BCUT2D eigenvalue weighted by Crippen LogP contribution is 2.63. The lowest BCUT2D eigenvalue weighted by molar-refractivity contribution is 0.599. The van der Waals surface area contributed by atoms with Gasteiger partial charge in [0, 0.05) is 0 Å². The highest BCUT2D eigenvalue weighted by molar-refractivity contribution is 5.79. The van der Waals surface area contributed by atoms with Gasteiger partial charge in [-0.25, -0.2) is 0 Å². The molecule has 4 bridgehead atoms. The molecule has 2 unspecified atom stereocenters. The zero-order chi connectivity index (χ0) is 14.4. The fraction of sp³-hybridized carbons (Fsp3) is 0.0909. The van der Waals surface area contributed by atoms with E-state index >= 15 is 0 Å². The van der Waals surface area contributed by atoms with Crippen LogP contribution in [0.5, 0.6) is 0 Å². The molecule has 22 heavy (non-hydrogen) atoms. The molecule has 0 aromatic heterocycles. The van der Waals surface area contributed by atoms with Crippen molar-refractivity contribution in [2.75, 3.05) is 0 Å². The van der Waals surface area contributed by atoms with Crippen LogP contribution in [0.15, 0.2) is 119 Å². The van der Waals surface area contributed by atoms with Crippen LogP contribution in [0.2, 0.25) is 0 Å². The van der Waals surface area contributed by atoms with Gasteiger partial charge in [-0.2, -0.15) is 0 Å². The lowest BCUT2D eigenvalue weighted by Gasteiger charge is -2.51. The SMILES string of the molecule is C1=CC2=C3C=CC45C=CC=CC4=C4C=CC2(C=C1)C(=C4)C5=C3. The normalized spacial score (nSPS) is 37.5. The number of fused-ring (bicyclic) bond motifs is 2. The number of rotatable bonds is 0. The molecule has 102 valence electrons. The smallest absolute Gasteiger partial charge is 0.0578 e. The summed E-state index contributed by atoms with van der Waals surface area (Å²) in [5.41, 5.74) is 8.32. The van der Waals surface area contributed by atoms with E-state index in [9.17, 15) is 0 Å². The first-order valence-electron chi connectivity index (χ1n) is 7.88. The zero-order valence-corrected chi connectivity index (χ0v) is 12.1. The second kappa shape index (κ2) is 3.25. The molecule has 0 N–H and O–H groups in total. The summed E-state index contributed by atoms with van der Waals surface area (Å²) < 4.78 is 0. The van der Waals surface area contributed by atoms with Crippen LogP contribution in [-0.4, -0.2) is 0 Å². The number of hydrogen-bond acceptors (Lipinski definition) is 0. The van der Waals surface area contributed by atoms with E-state index in [1.807, 2.05) is 0 Å². The van der Waals surface area contributed by atoms with Crippen LogP contribution in [0.4, 0.5) is 0 Å². The average Bonchev–Trinajstić information content (AvgIpc) is 2.59. The van der Waals surface area contributed by atoms with Gasteiger partial charge >= 0.3 is 0 Å². The molecule has 0 saturated heterocycles. The average molecular weight is 278 g/mol. The van der Waals surface area contributed by atoms with E-state index in [1.165, 1.54) is 33.4 Å². The van der Waals surface area contributed by atoms with Crippen LogP contribution >= 0.6 is 0 Å². The first-order valence-corrected chi connectivity index (χ1v) is 7.88. The van der Waals surface area contributed by atoms with Gasteiger partial charge in [0.05, 0.1) is 10.8 Å². The Kier molecular flexibility index (Phi) is 1.63. The Bertz CT molecular complexity index is 880. The summed E-state index contributed by atoms with van der Waals surface area (Å²) in [4.78, 5) is 0. The predicted molar refractivity (Wildman–Crippen MR) is 89.9 cm³/mol. The molecule has 0 aromatic rings. The van der Waals surface area contributed by atoms with Crippen molar-refractivity contribution >= 4 is 0 Å². The molecule has 6 aliphatic rings. The van der Waals surface area contributed by atoms with Crippen LogP contribution in [0.1, 0.15) is 0 Å². The maximum atomic E-state index is 2.41. The molecule has 2 atom stereocenters. The summed E-state index contributed by atoms with van der Waals surface area (Å²) in [6, 6.07) is 0. The summed E-state index contributed by atoms with van der Waals surface area (Å²) in [5.74, 6) is 0. The molecular weight excluding hydrogens is 264 g/mol. The summed E-state index contributed by atoms with van der Waals surface area (Å²) in [5, 5.41) is 0. The van der Waals surface area contributed by atoms with E-state index in [1.54, 1.807) is 0 Å². The third-order valence-electron chi connectivity index (χ3n) is 5.81. The molecule has 0 radical (unpaired) electrons. The van der Waals surface area contributed by atoms with Gasteiger partial charge in [-0.05, 0) is 45.6 Å². The Balaban J connectivity index is 1.82. The molecule has 0 amide bonds. The molecular formula is C22H14. The van der Waals surface area contributed by atoms with Crippen molar-refractivity contribution in [3.8, 4) is 0 Å². The molecule has 0 heterocycles. The second-order valence-corrected chi connectivity index (χ2v) is 6.70. The molecule has 0 fully saturated rings. The maximum Gasteiger partial charge on any atom is 0.0578 e. The standard InChI is InChI=1S/C22H14/c1-3-9-21-11-8-16-14-19(21)20-13-15(17(21)5-1)7-12-22(20)10-4-2-6-18(16)22/h1-14H. The molecule has 6 aliphatic carbocycles. The molecule has 2 spiro atoms. The van der Waals surface area contributed by atoms with Crippen LogP contribution in [0, 0.1) is 10.8 Å². The highest BCUT2D eigenvalue weighted by Gasteiger charge is 2.51. The van der Waals surface area contributed by atoms with E-state index in [0.717, 1.165) is 0 Å². The summed E-state index contributed by atoms with van der Waals surface area (Å²) in [7, 11) is 0. The Morgan fingerprint density at radius 1 is 0.500 bits per heavy atom. The van der Waals surface area contributed by atoms with E-state index in [-0.39, 0.29) is 10.8 Å². The fourth-order valence-electron chi connectivity index (χ4n) is 4.81. The first-order chi connectivity index (χ1) is 10.8. The molecule has 0 aromatic carbocycles. The largest absolute Gasteiger partial charge is 0.0658 e. The number of hydrogen-bond donors (Lipinski definition) is 0. The summed E-state index contributed by atoms with van der Waals surface area (Å²) >= 11 is 0. The van der Waals surface area contributed by atoms with Crippen molar-refractivity contribution < 1.29 is 0 Å². The summed E-state index contributed by atoms with van der Waals surface area (Å²) in [6.45, 7) is 0. The molecule has 0 nitrogen and oxygen atoms in total. The van der Waals surface area contributed by atoms with Gasteiger partial charge in [0.15, 0.2) is 0 Å². The minimum Gasteiger partial charge on any atom is -0.0658 e. The van der Waals surface area contributed by atoms with E-state index in [2.05, 4.69) is 85.1 Å². The monoisotopic (exact) mass is 278 g/mol. The molecule has 0 saturated carbocycles. The molecule has 0 heteroatoms. The fourth-order valence-corrected chi connectivity index (χ4v) is 4.81. The van der Waals surface area contributed by atoms with Crippen molar-refractivity contribution in [2.24, 2.45) is 10.8 Å². The Labute approximate surface area is 129 Å². The van der Waals surface area contributed by atoms with E-state index in [4.69, 9.17) is 0 Å².